The van der Waals surface area contributed by atoms with E-state index in [4.69, 9.17) is 42.6 Å². The molecule has 0 aliphatic carbocycles. The van der Waals surface area contributed by atoms with Crippen LogP contribution in [0.3, 0.4) is 0 Å². The molecule has 0 spiro atoms. The van der Waals surface area contributed by atoms with Crippen LogP contribution in [-0.4, -0.2) is 208 Å². The van der Waals surface area contributed by atoms with Gasteiger partial charge in [0.1, 0.15) is 90.8 Å². The van der Waals surface area contributed by atoms with E-state index in [9.17, 15) is 76.3 Å². The first-order valence-corrected chi connectivity index (χ1v) is 21.1. The van der Waals surface area contributed by atoms with Gasteiger partial charge in [-0.2, -0.15) is 0 Å². The minimum absolute atomic E-state index is 0.0251. The molecule has 3 aromatic carbocycles. The van der Waals surface area contributed by atoms with Crippen LogP contribution in [0.4, 0.5) is 0 Å². The Balaban J connectivity index is 1.24. The van der Waals surface area contributed by atoms with Gasteiger partial charge in [0.2, 0.25) is 18.3 Å². The molecule has 69 heavy (non-hydrogen) atoms. The van der Waals surface area contributed by atoms with Crippen molar-refractivity contribution < 1.29 is 124 Å². The van der Waals surface area contributed by atoms with Crippen molar-refractivity contribution in [1.82, 2.24) is 0 Å². The number of ether oxygens (including phenoxy) is 10. The molecule has 4 aliphatic heterocycles. The van der Waals surface area contributed by atoms with Crippen molar-refractivity contribution in [3.05, 3.63) is 71.0 Å². The van der Waals surface area contributed by atoms with Crippen LogP contribution in [0.1, 0.15) is 22.8 Å². The molecule has 4 aliphatic rings. The summed E-state index contributed by atoms with van der Waals surface area (Å²) in [6.45, 7) is -2.44. The Labute approximate surface area is 390 Å². The first-order valence-electron chi connectivity index (χ1n) is 21.1. The molecule has 3 aromatic rings. The van der Waals surface area contributed by atoms with E-state index < -0.39 is 141 Å². The van der Waals surface area contributed by atoms with E-state index in [1.165, 1.54) is 50.6 Å². The molecule has 4 heterocycles. The Morgan fingerprint density at radius 3 is 1.86 bits per heavy atom. The van der Waals surface area contributed by atoms with Crippen molar-refractivity contribution in [2.75, 3.05) is 34.0 Å². The zero-order valence-electron chi connectivity index (χ0n) is 36.4. The number of benzene rings is 3. The van der Waals surface area contributed by atoms with Gasteiger partial charge in [0.25, 0.3) is 11.9 Å². The number of carbonyl (C=O) groups is 1. The Hall–Kier alpha value is -5.75. The van der Waals surface area contributed by atoms with Crippen LogP contribution in [0.25, 0.3) is 12.2 Å². The Kier molecular flexibility index (Phi) is 15.9. The highest BCUT2D eigenvalue weighted by Crippen LogP contribution is 2.48. The van der Waals surface area contributed by atoms with E-state index in [0.29, 0.717) is 5.56 Å². The summed E-state index contributed by atoms with van der Waals surface area (Å²) in [5.74, 6) is -3.38. The molecule has 25 heteroatoms. The standard InChI is InChI=1S/C44H52O25/c1-60-24-7-16(8-25(61-2)31(24)51)3-6-30(50)62-15-29-34(54)37(57)41(69-43-39(59)36(56)33(53)28(14-46)67-43)44(68-29)65-26-12-19-22(63-40(26)17-4-5-20(48)21(49)9-17)10-18(47)11-23(19)64-42-38(58)35(55)32(52)27(13-45)66-42/h3-12,27-29,32-49,51-59H,13-15H2,1-2H3/p+1/b6-3+/t27-,28+,29-,32-,33-,34-,35+,36+,37+,38+,39+,40?,41-,42-,43+,44-/m1/s1. The highest BCUT2D eigenvalue weighted by Gasteiger charge is 2.53. The van der Waals surface area contributed by atoms with Gasteiger partial charge in [-0.05, 0) is 42.0 Å². The lowest BCUT2D eigenvalue weighted by Gasteiger charge is -2.46. The number of esters is 1. The van der Waals surface area contributed by atoms with Crippen LogP contribution in [0.15, 0.2) is 54.3 Å². The monoisotopic (exact) mass is 981 g/mol. The topological polar surface area (TPSA) is 396 Å². The number of methoxy groups -OCH3 is 2. The van der Waals surface area contributed by atoms with Crippen molar-refractivity contribution in [3.63, 3.8) is 0 Å². The van der Waals surface area contributed by atoms with Gasteiger partial charge < -0.3 is 119 Å². The van der Waals surface area contributed by atoms with Crippen molar-refractivity contribution in [2.45, 2.75) is 98.2 Å². The predicted molar refractivity (Wildman–Crippen MR) is 226 cm³/mol. The Bertz CT molecular complexity index is 2310. The Morgan fingerprint density at radius 1 is 0.652 bits per heavy atom. The van der Waals surface area contributed by atoms with Crippen LogP contribution < -0.4 is 14.2 Å². The third-order valence-electron chi connectivity index (χ3n) is 11.7. The lowest BCUT2D eigenvalue weighted by atomic mass is 9.97. The van der Waals surface area contributed by atoms with Crippen molar-refractivity contribution in [3.8, 4) is 46.0 Å². The van der Waals surface area contributed by atoms with Gasteiger partial charge in [0, 0.05) is 18.2 Å². The van der Waals surface area contributed by atoms with Gasteiger partial charge in [-0.3, -0.25) is 0 Å². The normalized spacial score (nSPS) is 33.4. The number of aromatic hydroxyl groups is 5. The quantitative estimate of drug-likeness (QED) is 0.0311. The number of hydrogen-bond acceptors (Lipinski definition) is 24. The molecule has 7 rings (SSSR count). The van der Waals surface area contributed by atoms with Crippen LogP contribution in [-0.2, 0) is 33.2 Å². The first kappa shape index (κ1) is 51.1. The van der Waals surface area contributed by atoms with Crippen molar-refractivity contribution in [1.29, 1.82) is 0 Å². The number of carbonyl (C=O) groups excluding carboxylic acids is 1. The summed E-state index contributed by atoms with van der Waals surface area (Å²) >= 11 is 0. The van der Waals surface area contributed by atoms with Crippen LogP contribution >= 0.6 is 0 Å². The maximum absolute atomic E-state index is 13.0. The fourth-order valence-electron chi connectivity index (χ4n) is 7.85. The summed E-state index contributed by atoms with van der Waals surface area (Å²) in [6, 6.07) is 8.61. The molecule has 16 atom stereocenters. The van der Waals surface area contributed by atoms with Gasteiger partial charge in [-0.1, -0.05) is 0 Å². The second kappa shape index (κ2) is 21.5. The number of hydrogen-bond donors (Lipinski definition) is 14. The van der Waals surface area contributed by atoms with Crippen LogP contribution in [0.5, 0.6) is 46.0 Å². The predicted octanol–water partition coefficient (Wildman–Crippen LogP) is -3.05. The molecular formula is C44H53O25+. The van der Waals surface area contributed by atoms with Gasteiger partial charge in [0.15, 0.2) is 41.2 Å². The molecule has 0 bridgehead atoms. The molecule has 3 saturated heterocycles. The SMILES string of the molecule is COc1cc(/C=C/C(=O)OC[C@H]2O[C@@H](OC3=Cc4c(O[C@@H]5O[C@H](CO)[C@@H](O)[C@H](O)[C@@H]5O)cc(O)cc4[OH+]C3c3ccc(O)c(O)c3)[C@H](O[C@@H]3O[C@@H](CO)[C@@H](O)[C@H](O)[C@@H]3O)[C@@H](O)[C@@H]2O)cc(OC)c1O. The minimum atomic E-state index is -2.08. The van der Waals surface area contributed by atoms with Crippen molar-refractivity contribution >= 4 is 18.1 Å². The molecule has 1 unspecified atom stereocenters. The molecule has 25 nitrogen and oxygen atoms in total. The summed E-state index contributed by atoms with van der Waals surface area (Å²) in [6.07, 6.45) is -25.3. The van der Waals surface area contributed by atoms with Gasteiger partial charge in [-0.25, -0.2) is 4.79 Å². The summed E-state index contributed by atoms with van der Waals surface area (Å²) in [5.41, 5.74) is 0.430. The Morgan fingerprint density at radius 2 is 1.25 bits per heavy atom. The zero-order valence-corrected chi connectivity index (χ0v) is 36.4. The second-order valence-electron chi connectivity index (χ2n) is 16.2. The zero-order chi connectivity index (χ0) is 50.0. The lowest BCUT2D eigenvalue weighted by Crippen LogP contribution is -2.64. The molecule has 0 radical (unpaired) electrons. The van der Waals surface area contributed by atoms with Crippen molar-refractivity contribution in [2.24, 2.45) is 0 Å². The van der Waals surface area contributed by atoms with Crippen LogP contribution in [0.2, 0.25) is 0 Å². The highest BCUT2D eigenvalue weighted by atomic mass is 16.8. The van der Waals surface area contributed by atoms with Gasteiger partial charge >= 0.3 is 5.97 Å². The molecular weight excluding hydrogens is 928 g/mol. The molecule has 0 amide bonds. The smallest absolute Gasteiger partial charge is 0.330 e. The summed E-state index contributed by atoms with van der Waals surface area (Å²) in [5, 5.41) is 148. The van der Waals surface area contributed by atoms with E-state index in [1.54, 1.807) is 0 Å². The van der Waals surface area contributed by atoms with E-state index in [1.807, 2.05) is 0 Å². The summed E-state index contributed by atoms with van der Waals surface area (Å²) in [7, 11) is 2.61. The van der Waals surface area contributed by atoms with Gasteiger partial charge in [0.05, 0.1) is 39.1 Å². The maximum atomic E-state index is 13.0. The molecule has 378 valence electrons. The van der Waals surface area contributed by atoms with E-state index >= 15 is 0 Å². The summed E-state index contributed by atoms with van der Waals surface area (Å²) in [4.78, 5) is 13.0. The van der Waals surface area contributed by atoms with E-state index in [0.717, 1.165) is 24.3 Å². The first-order chi connectivity index (χ1) is 32.9. The molecule has 0 saturated carbocycles. The average Bonchev–Trinajstić information content (AvgIpc) is 3.33. The number of phenols is 4. The number of fused-ring (bicyclic) bond motifs is 1. The summed E-state index contributed by atoms with van der Waals surface area (Å²) < 4.78 is 55.6. The number of aliphatic hydroxyl groups is 11. The number of phenolic OH excluding ortho intramolecular Hbond substituents is 4. The molecule has 15 N–H and O–H groups in total. The van der Waals surface area contributed by atoms with Crippen LogP contribution in [0, 0.1) is 0 Å². The van der Waals surface area contributed by atoms with Gasteiger partial charge in [-0.15, -0.1) is 0 Å². The highest BCUT2D eigenvalue weighted by molar-refractivity contribution is 5.87. The third kappa shape index (κ3) is 10.7. The minimum Gasteiger partial charge on any atom is -0.571 e. The fourth-order valence-corrected chi connectivity index (χ4v) is 7.85. The van der Waals surface area contributed by atoms with E-state index in [2.05, 4.69) is 4.74 Å². The molecule has 3 fully saturated rings. The second-order valence-corrected chi connectivity index (χ2v) is 16.2. The van der Waals surface area contributed by atoms with E-state index in [-0.39, 0.29) is 45.6 Å². The maximum Gasteiger partial charge on any atom is 0.330 e. The lowest BCUT2D eigenvalue weighted by molar-refractivity contribution is -0.364. The number of rotatable bonds is 15. The average molecular weight is 982 g/mol. The number of aliphatic hydroxyl groups excluding tert-OH is 10. The largest absolute Gasteiger partial charge is 0.571 e. The third-order valence-corrected chi connectivity index (χ3v) is 11.7. The molecule has 0 aromatic heterocycles. The fraction of sp³-hybridized carbons (Fsp3) is 0.477.